The second-order valence-electron chi connectivity index (χ2n) is 8.17. The van der Waals surface area contributed by atoms with Gasteiger partial charge in [-0.1, -0.05) is 0 Å². The van der Waals surface area contributed by atoms with Gasteiger partial charge in [0.2, 0.25) is 0 Å². The molecule has 2 amide bonds. The van der Waals surface area contributed by atoms with E-state index in [2.05, 4.69) is 20.5 Å². The molecule has 1 aliphatic heterocycles. The molecule has 0 spiro atoms. The maximum absolute atomic E-state index is 12.6. The first-order valence-electron chi connectivity index (χ1n) is 10.6. The number of urea groups is 1. The van der Waals surface area contributed by atoms with Gasteiger partial charge in [0, 0.05) is 37.0 Å². The number of carbonyl (C=O) groups is 1. The average molecular weight is 438 g/mol. The third kappa shape index (κ3) is 4.54. The summed E-state index contributed by atoms with van der Waals surface area (Å²) in [5.74, 6) is 1.20. The van der Waals surface area contributed by atoms with Gasteiger partial charge in [0.1, 0.15) is 17.1 Å². The fourth-order valence-electron chi connectivity index (χ4n) is 3.67. The number of rotatable bonds is 4. The largest absolute Gasteiger partial charge is 0.460 e. The molecule has 32 heavy (non-hydrogen) atoms. The summed E-state index contributed by atoms with van der Waals surface area (Å²) in [5, 5.41) is 20.9. The van der Waals surface area contributed by atoms with Gasteiger partial charge >= 0.3 is 6.03 Å². The Bertz CT molecular complexity index is 1190. The molecule has 4 rings (SSSR count). The van der Waals surface area contributed by atoms with E-state index in [1.54, 1.807) is 22.9 Å². The number of furan rings is 1. The number of nitrogens with one attached hydrogen (secondary N) is 1. The zero-order chi connectivity index (χ0) is 22.8. The van der Waals surface area contributed by atoms with Crippen molar-refractivity contribution < 1.29 is 14.3 Å². The predicted molar refractivity (Wildman–Crippen MR) is 118 cm³/mol. The minimum atomic E-state index is -0.533. The Labute approximate surface area is 184 Å². The SMILES string of the molecule is Cc1ccc(-c2nc(NC(=O)N3CCCC(O)C3)nnc2-c2ccc(=O)n(C(C)C)c2)o1. The smallest absolute Gasteiger partial charge is 0.324 e. The van der Waals surface area contributed by atoms with Crippen LogP contribution >= 0.6 is 0 Å². The van der Waals surface area contributed by atoms with Gasteiger partial charge in [0.25, 0.3) is 11.5 Å². The predicted octanol–water partition coefficient (Wildman–Crippen LogP) is 2.84. The maximum atomic E-state index is 12.6. The number of piperidine rings is 1. The van der Waals surface area contributed by atoms with Crippen LogP contribution in [0.2, 0.25) is 0 Å². The summed E-state index contributed by atoms with van der Waals surface area (Å²) in [6, 6.07) is 6.30. The summed E-state index contributed by atoms with van der Waals surface area (Å²) in [6.07, 6.45) is 2.59. The lowest BCUT2D eigenvalue weighted by atomic mass is 10.1. The fourth-order valence-corrected chi connectivity index (χ4v) is 3.67. The highest BCUT2D eigenvalue weighted by Gasteiger charge is 2.24. The van der Waals surface area contributed by atoms with Gasteiger partial charge in [-0.2, -0.15) is 0 Å². The summed E-state index contributed by atoms with van der Waals surface area (Å²) >= 11 is 0. The van der Waals surface area contributed by atoms with Crippen LogP contribution in [0.4, 0.5) is 10.7 Å². The van der Waals surface area contributed by atoms with E-state index in [1.807, 2.05) is 26.8 Å². The van der Waals surface area contributed by atoms with Gasteiger partial charge in [-0.25, -0.2) is 9.78 Å². The van der Waals surface area contributed by atoms with E-state index in [4.69, 9.17) is 4.42 Å². The molecule has 1 aliphatic rings. The summed E-state index contributed by atoms with van der Waals surface area (Å²) in [4.78, 5) is 30.8. The number of β-amino-alcohol motifs (C(OH)–C–C–N with tert-alkyl or cyclic N) is 1. The van der Waals surface area contributed by atoms with Crippen molar-refractivity contribution in [2.45, 2.75) is 45.8 Å². The number of amides is 2. The third-order valence-corrected chi connectivity index (χ3v) is 5.33. The van der Waals surface area contributed by atoms with Crippen LogP contribution in [0.3, 0.4) is 0 Å². The van der Waals surface area contributed by atoms with E-state index in [0.717, 1.165) is 6.42 Å². The number of pyridine rings is 1. The number of aliphatic hydroxyl groups excluding tert-OH is 1. The van der Waals surface area contributed by atoms with Crippen LogP contribution in [0.1, 0.15) is 38.5 Å². The number of anilines is 1. The van der Waals surface area contributed by atoms with E-state index >= 15 is 0 Å². The van der Waals surface area contributed by atoms with Crippen LogP contribution < -0.4 is 10.9 Å². The number of likely N-dealkylation sites (tertiary alicyclic amines) is 1. The third-order valence-electron chi connectivity index (χ3n) is 5.33. The van der Waals surface area contributed by atoms with E-state index in [9.17, 15) is 14.7 Å². The number of aliphatic hydroxyl groups is 1. The highest BCUT2D eigenvalue weighted by Crippen LogP contribution is 2.30. The van der Waals surface area contributed by atoms with Gasteiger partial charge in [0.05, 0.1) is 6.10 Å². The second kappa shape index (κ2) is 8.91. The number of hydrogen-bond donors (Lipinski definition) is 2. The van der Waals surface area contributed by atoms with Crippen LogP contribution in [0.25, 0.3) is 22.7 Å². The first-order chi connectivity index (χ1) is 15.3. The molecule has 1 unspecified atom stereocenters. The first kappa shape index (κ1) is 21.7. The van der Waals surface area contributed by atoms with Crippen LogP contribution in [-0.2, 0) is 0 Å². The molecule has 0 aromatic carbocycles. The maximum Gasteiger partial charge on any atom is 0.324 e. The molecule has 1 atom stereocenters. The van der Waals surface area contributed by atoms with Crippen LogP contribution in [0.15, 0.2) is 39.7 Å². The normalized spacial score (nSPS) is 16.4. The molecule has 3 aromatic rings. The minimum absolute atomic E-state index is 0.0278. The zero-order valence-electron chi connectivity index (χ0n) is 18.3. The number of hydrogen-bond acceptors (Lipinski definition) is 7. The molecule has 1 saturated heterocycles. The molecule has 10 nitrogen and oxygen atoms in total. The first-order valence-corrected chi connectivity index (χ1v) is 10.6. The van der Waals surface area contributed by atoms with Crippen molar-refractivity contribution in [3.05, 3.63) is 46.6 Å². The monoisotopic (exact) mass is 438 g/mol. The van der Waals surface area contributed by atoms with Crippen molar-refractivity contribution >= 4 is 12.0 Å². The zero-order valence-corrected chi connectivity index (χ0v) is 18.3. The Hall–Kier alpha value is -3.53. The molecule has 1 fully saturated rings. The van der Waals surface area contributed by atoms with Crippen molar-refractivity contribution in [3.63, 3.8) is 0 Å². The van der Waals surface area contributed by atoms with Gasteiger partial charge in [-0.15, -0.1) is 10.2 Å². The van der Waals surface area contributed by atoms with Crippen molar-refractivity contribution in [1.29, 1.82) is 0 Å². The lowest BCUT2D eigenvalue weighted by Crippen LogP contribution is -2.44. The van der Waals surface area contributed by atoms with Crippen LogP contribution in [0, 0.1) is 6.92 Å². The molecule has 2 N–H and O–H groups in total. The van der Waals surface area contributed by atoms with Crippen LogP contribution in [0.5, 0.6) is 0 Å². The number of nitrogens with zero attached hydrogens (tertiary/aromatic N) is 5. The highest BCUT2D eigenvalue weighted by atomic mass is 16.3. The summed E-state index contributed by atoms with van der Waals surface area (Å²) in [6.45, 7) is 6.47. The van der Waals surface area contributed by atoms with Crippen LogP contribution in [-0.4, -0.2) is 55.0 Å². The van der Waals surface area contributed by atoms with Gasteiger partial charge in [0.15, 0.2) is 5.76 Å². The molecule has 0 bridgehead atoms. The van der Waals surface area contributed by atoms with E-state index in [1.165, 1.54) is 11.0 Å². The standard InChI is InChI=1S/C22H26N6O4/c1-13(2)28-11-15(7-9-18(28)30)19-20(17-8-6-14(3)32-17)23-21(26-25-19)24-22(31)27-10-4-5-16(29)12-27/h6-9,11,13,16,29H,4-5,10,12H2,1-3H3,(H,23,24,26,31). The molecule has 4 heterocycles. The van der Waals surface area contributed by atoms with Crippen molar-refractivity contribution in [2.24, 2.45) is 0 Å². The fraction of sp³-hybridized carbons (Fsp3) is 0.409. The van der Waals surface area contributed by atoms with E-state index in [0.29, 0.717) is 41.4 Å². The van der Waals surface area contributed by atoms with E-state index < -0.39 is 12.1 Å². The average Bonchev–Trinajstić information content (AvgIpc) is 3.20. The van der Waals surface area contributed by atoms with Gasteiger partial charge in [-0.05, 0) is 51.8 Å². The molecule has 0 saturated carbocycles. The molecule has 10 heteroatoms. The lowest BCUT2D eigenvalue weighted by Gasteiger charge is -2.29. The molecular weight excluding hydrogens is 412 g/mol. The lowest BCUT2D eigenvalue weighted by molar-refractivity contribution is 0.0883. The highest BCUT2D eigenvalue weighted by molar-refractivity contribution is 5.88. The topological polar surface area (TPSA) is 126 Å². The van der Waals surface area contributed by atoms with Crippen molar-refractivity contribution in [2.75, 3.05) is 18.4 Å². The molecular formula is C22H26N6O4. The van der Waals surface area contributed by atoms with Gasteiger partial charge < -0.3 is 19.0 Å². The number of aromatic nitrogens is 4. The second-order valence-corrected chi connectivity index (χ2v) is 8.17. The molecule has 3 aromatic heterocycles. The quantitative estimate of drug-likeness (QED) is 0.641. The Morgan fingerprint density at radius 1 is 1.22 bits per heavy atom. The Morgan fingerprint density at radius 2 is 2.03 bits per heavy atom. The molecule has 168 valence electrons. The van der Waals surface area contributed by atoms with Crippen molar-refractivity contribution in [1.82, 2.24) is 24.6 Å². The number of carbonyl (C=O) groups excluding carboxylic acids is 1. The summed E-state index contributed by atoms with van der Waals surface area (Å²) in [5.41, 5.74) is 1.36. The molecule has 0 aliphatic carbocycles. The number of aryl methyl sites for hydroxylation is 1. The minimum Gasteiger partial charge on any atom is -0.460 e. The molecule has 0 radical (unpaired) electrons. The van der Waals surface area contributed by atoms with Crippen molar-refractivity contribution in [3.8, 4) is 22.7 Å². The summed E-state index contributed by atoms with van der Waals surface area (Å²) in [7, 11) is 0. The Kier molecular flexibility index (Phi) is 6.04. The summed E-state index contributed by atoms with van der Waals surface area (Å²) < 4.78 is 7.37. The Balaban J connectivity index is 1.71. The van der Waals surface area contributed by atoms with E-state index in [-0.39, 0.29) is 24.1 Å². The Morgan fingerprint density at radius 3 is 2.72 bits per heavy atom. The van der Waals surface area contributed by atoms with Gasteiger partial charge in [-0.3, -0.25) is 10.1 Å².